The number of ether oxygens (including phenoxy) is 2. The number of terminal acetylenes is 1. The van der Waals surface area contributed by atoms with Crippen molar-refractivity contribution >= 4 is 34.5 Å². The lowest BCUT2D eigenvalue weighted by atomic mass is 10.1. The molecule has 0 atom stereocenters. The van der Waals surface area contributed by atoms with Crippen LogP contribution in [0.2, 0.25) is 0 Å². The van der Waals surface area contributed by atoms with Gasteiger partial charge in [-0.2, -0.15) is 0 Å². The Balaban J connectivity index is 0.000000283. The van der Waals surface area contributed by atoms with Gasteiger partial charge < -0.3 is 9.47 Å². The third-order valence-electron chi connectivity index (χ3n) is 6.49. The van der Waals surface area contributed by atoms with Gasteiger partial charge in [0.05, 0.1) is 36.2 Å². The molecule has 0 N–H and O–H groups in total. The zero-order valence-corrected chi connectivity index (χ0v) is 28.7. The van der Waals surface area contributed by atoms with Crippen LogP contribution >= 0.6 is 22.6 Å². The summed E-state index contributed by atoms with van der Waals surface area (Å²) in [5.41, 5.74) is 3.85. The lowest BCUT2D eigenvalue weighted by Crippen LogP contribution is -2.04. The number of benzene rings is 4. The van der Waals surface area contributed by atoms with Crippen LogP contribution in [0.1, 0.15) is 40.7 Å². The van der Waals surface area contributed by atoms with Crippen molar-refractivity contribution in [2.24, 2.45) is 0 Å². The quantitative estimate of drug-likeness (QED) is 0.0591. The summed E-state index contributed by atoms with van der Waals surface area (Å²) in [6, 6.07) is 17.8. The molecule has 4 aromatic rings. The van der Waals surface area contributed by atoms with Crippen LogP contribution in [0, 0.1) is 62.7 Å². The summed E-state index contributed by atoms with van der Waals surface area (Å²) in [5, 5.41) is 0. The molecule has 0 aliphatic rings. The average molecular weight is 793 g/mol. The van der Waals surface area contributed by atoms with Crippen LogP contribution in [-0.4, -0.2) is 26.2 Å². The average Bonchev–Trinajstić information content (AvgIpc) is 3.08. The van der Waals surface area contributed by atoms with E-state index in [-0.39, 0.29) is 27.5 Å². The maximum atomic E-state index is 13.4. The van der Waals surface area contributed by atoms with E-state index in [1.165, 1.54) is 19.8 Å². The Morgan fingerprint density at radius 2 is 1.02 bits per heavy atom. The van der Waals surface area contributed by atoms with Gasteiger partial charge in [-0.3, -0.25) is 9.59 Å². The van der Waals surface area contributed by atoms with Gasteiger partial charge in [0.25, 0.3) is 0 Å². The number of methoxy groups -OCH3 is 2. The molecule has 0 aliphatic carbocycles. The highest BCUT2D eigenvalue weighted by Gasteiger charge is 2.08. The van der Waals surface area contributed by atoms with Crippen LogP contribution in [0.25, 0.3) is 0 Å². The molecule has 11 heteroatoms. The minimum absolute atomic E-state index is 0.0801. The molecule has 4 nitrogen and oxygen atoms in total. The highest BCUT2D eigenvalue weighted by molar-refractivity contribution is 14.1. The number of hydrogen-bond acceptors (Lipinski definition) is 4. The topological polar surface area (TPSA) is 52.6 Å². The second-order valence-electron chi connectivity index (χ2n) is 10.1. The van der Waals surface area contributed by atoms with Gasteiger partial charge in [0, 0.05) is 25.0 Å². The first-order valence-electron chi connectivity index (χ1n) is 14.5. The van der Waals surface area contributed by atoms with Gasteiger partial charge in [0.1, 0.15) is 11.6 Å². The summed E-state index contributed by atoms with van der Waals surface area (Å²) in [7, 11) is 2.73. The Labute approximate surface area is 295 Å². The molecule has 0 aromatic heterocycles. The van der Waals surface area contributed by atoms with Gasteiger partial charge in [-0.05, 0) is 69.8 Å². The molecule has 4 aromatic carbocycles. The van der Waals surface area contributed by atoms with Gasteiger partial charge in [-0.25, -0.2) is 26.3 Å². The lowest BCUT2D eigenvalue weighted by molar-refractivity contribution is -0.140. The Kier molecular flexibility index (Phi) is 17.5. The first-order valence-corrected chi connectivity index (χ1v) is 15.6. The van der Waals surface area contributed by atoms with E-state index in [4.69, 9.17) is 6.42 Å². The molecular weight excluding hydrogens is 761 g/mol. The van der Waals surface area contributed by atoms with Crippen molar-refractivity contribution in [3.63, 3.8) is 0 Å². The predicted octanol–water partition coefficient (Wildman–Crippen LogP) is 8.48. The van der Waals surface area contributed by atoms with Crippen LogP contribution < -0.4 is 0 Å². The number of carbonyl (C=O) groups is 2. The number of hydrogen-bond donors (Lipinski definition) is 0. The lowest BCUT2D eigenvalue weighted by Gasteiger charge is -2.02. The number of carbonyl (C=O) groups excluding carboxylic acids is 2. The third-order valence-corrected chi connectivity index (χ3v) is 7.32. The molecule has 0 heterocycles. The molecule has 0 amide bonds. The van der Waals surface area contributed by atoms with Crippen molar-refractivity contribution < 1.29 is 45.4 Å². The highest BCUT2D eigenvalue weighted by Crippen LogP contribution is 2.15. The van der Waals surface area contributed by atoms with E-state index < -0.39 is 34.9 Å². The molecule has 0 fully saturated rings. The molecule has 0 unspecified atom stereocenters. The fourth-order valence-electron chi connectivity index (χ4n) is 3.82. The van der Waals surface area contributed by atoms with Crippen molar-refractivity contribution in [2.45, 2.75) is 38.5 Å². The van der Waals surface area contributed by atoms with E-state index in [0.29, 0.717) is 31.4 Å². The van der Waals surface area contributed by atoms with Crippen LogP contribution in [0.4, 0.5) is 26.3 Å². The number of halogens is 7. The summed E-state index contributed by atoms with van der Waals surface area (Å²) in [5.74, 6) is 1.17. The van der Waals surface area contributed by atoms with Crippen molar-refractivity contribution in [2.75, 3.05) is 14.2 Å². The Bertz CT molecular complexity index is 1760. The molecule has 0 radical (unpaired) electrons. The fraction of sp³-hybridized carbons (Fsp3) is 0.211. The minimum Gasteiger partial charge on any atom is -0.469 e. The summed E-state index contributed by atoms with van der Waals surface area (Å²) >= 11 is 1.58. The van der Waals surface area contributed by atoms with E-state index in [1.807, 2.05) is 48.5 Å². The summed E-state index contributed by atoms with van der Waals surface area (Å²) in [6.07, 6.45) is 8.41. The monoisotopic (exact) mass is 792 g/mol. The van der Waals surface area contributed by atoms with E-state index >= 15 is 0 Å². The molecule has 0 aliphatic heterocycles. The van der Waals surface area contributed by atoms with Gasteiger partial charge in [-0.15, -0.1) is 12.3 Å². The SMILES string of the molecule is C#CCCc1ccc(CC(=O)OC)cc1.COC(=O)Cc1ccc(CCC#Cc2cc(F)c(F)cc2F)cc1.Fc1cc(F)c(I)cc1F. The molecule has 256 valence electrons. The van der Waals surface area contributed by atoms with E-state index in [2.05, 4.69) is 27.2 Å². The molecule has 49 heavy (non-hydrogen) atoms. The maximum Gasteiger partial charge on any atom is 0.309 e. The van der Waals surface area contributed by atoms with Crippen molar-refractivity contribution in [3.05, 3.63) is 139 Å². The second kappa shape index (κ2) is 21.3. The zero-order chi connectivity index (χ0) is 36.3. The first kappa shape index (κ1) is 40.4. The molecule has 0 bridgehead atoms. The Morgan fingerprint density at radius 3 is 1.47 bits per heavy atom. The molecule has 4 rings (SSSR count). The number of rotatable bonds is 8. The Morgan fingerprint density at radius 1 is 0.612 bits per heavy atom. The molecular formula is C38H31F6IO4. The normalized spacial score (nSPS) is 9.80. The van der Waals surface area contributed by atoms with Crippen LogP contribution in [-0.2, 0) is 44.7 Å². The summed E-state index contributed by atoms with van der Waals surface area (Å²) < 4.78 is 85.2. The first-order chi connectivity index (χ1) is 23.4. The van der Waals surface area contributed by atoms with Gasteiger partial charge >= 0.3 is 11.9 Å². The second-order valence-corrected chi connectivity index (χ2v) is 11.2. The zero-order valence-electron chi connectivity index (χ0n) is 26.5. The van der Waals surface area contributed by atoms with Crippen LogP contribution in [0.5, 0.6) is 0 Å². The smallest absolute Gasteiger partial charge is 0.309 e. The van der Waals surface area contributed by atoms with Crippen LogP contribution in [0.15, 0.2) is 72.8 Å². The summed E-state index contributed by atoms with van der Waals surface area (Å²) in [6.45, 7) is 0. The number of esters is 2. The minimum atomic E-state index is -1.23. The Hall–Kier alpha value is -4.75. The van der Waals surface area contributed by atoms with Crippen LogP contribution in [0.3, 0.4) is 0 Å². The van der Waals surface area contributed by atoms with E-state index in [9.17, 15) is 35.9 Å². The molecule has 0 spiro atoms. The van der Waals surface area contributed by atoms with Gasteiger partial charge in [-0.1, -0.05) is 60.4 Å². The largest absolute Gasteiger partial charge is 0.469 e. The predicted molar refractivity (Wildman–Crippen MR) is 182 cm³/mol. The maximum absolute atomic E-state index is 13.4. The van der Waals surface area contributed by atoms with Crippen molar-refractivity contribution in [3.8, 4) is 24.2 Å². The summed E-state index contributed by atoms with van der Waals surface area (Å²) in [4.78, 5) is 22.2. The molecule has 0 saturated carbocycles. The number of aryl methyl sites for hydroxylation is 2. The van der Waals surface area contributed by atoms with Gasteiger partial charge in [0.15, 0.2) is 23.3 Å². The van der Waals surface area contributed by atoms with Crippen molar-refractivity contribution in [1.29, 1.82) is 0 Å². The third kappa shape index (κ3) is 14.9. The highest BCUT2D eigenvalue weighted by atomic mass is 127. The molecule has 0 saturated heterocycles. The van der Waals surface area contributed by atoms with Gasteiger partial charge in [0.2, 0.25) is 0 Å². The van der Waals surface area contributed by atoms with Crippen molar-refractivity contribution in [1.82, 2.24) is 0 Å². The fourth-order valence-corrected chi connectivity index (χ4v) is 4.25. The van der Waals surface area contributed by atoms with E-state index in [0.717, 1.165) is 41.7 Å². The standard InChI is InChI=1S/C19H15F3O2.C13H14O2.C6H2F3I/c1-24-19(23)10-14-8-6-13(7-9-14)4-2-3-5-15-11-17(21)18(22)12-16(15)20;1-3-4-5-11-6-8-12(9-7-11)10-13(14)15-2;7-3-1-5(9)6(10)2-4(3)8/h6-9,11-12H,2,4,10H2,1H3;1,6-9H,4-5,10H2,2H3;1-2H. The van der Waals surface area contributed by atoms with E-state index in [1.54, 1.807) is 22.6 Å².